The average Bonchev–Trinajstić information content (AvgIpc) is 2.77. The van der Waals surface area contributed by atoms with Crippen LogP contribution in [0.4, 0.5) is 17.3 Å². The van der Waals surface area contributed by atoms with Gasteiger partial charge in [0.25, 0.3) is 10.0 Å². The maximum atomic E-state index is 13.4. The molecule has 0 spiro atoms. The van der Waals surface area contributed by atoms with E-state index < -0.39 is 10.0 Å². The third-order valence-corrected chi connectivity index (χ3v) is 6.88. The molecule has 0 amide bonds. The van der Waals surface area contributed by atoms with Gasteiger partial charge in [-0.1, -0.05) is 51.3 Å². The molecule has 0 aliphatic rings. The molecule has 0 bridgehead atoms. The summed E-state index contributed by atoms with van der Waals surface area (Å²) in [4.78, 5) is 9.01. The van der Waals surface area contributed by atoms with Crippen molar-refractivity contribution in [3.8, 4) is 5.75 Å². The topological polar surface area (TPSA) is 93.2 Å². The van der Waals surface area contributed by atoms with E-state index in [2.05, 4.69) is 35.9 Å². The van der Waals surface area contributed by atoms with Crippen molar-refractivity contribution >= 4 is 77.5 Å². The fourth-order valence-corrected chi connectivity index (χ4v) is 5.17. The minimum atomic E-state index is -4.09. The molecule has 0 atom stereocenters. The van der Waals surface area contributed by atoms with Gasteiger partial charge in [0.05, 0.1) is 28.4 Å². The number of benzene rings is 3. The van der Waals surface area contributed by atoms with Gasteiger partial charge in [0.2, 0.25) is 0 Å². The molecule has 170 valence electrons. The van der Waals surface area contributed by atoms with Crippen LogP contribution in [0.5, 0.6) is 5.75 Å². The Morgan fingerprint density at radius 3 is 2.33 bits per heavy atom. The van der Waals surface area contributed by atoms with Crippen molar-refractivity contribution in [2.24, 2.45) is 0 Å². The summed E-state index contributed by atoms with van der Waals surface area (Å²) in [6.07, 6.45) is 0. The minimum absolute atomic E-state index is 0.00198. The first-order valence-corrected chi connectivity index (χ1v) is 12.7. The number of rotatable bonds is 7. The van der Waals surface area contributed by atoms with Crippen molar-refractivity contribution in [2.45, 2.75) is 11.8 Å². The molecule has 4 aromatic rings. The highest BCUT2D eigenvalue weighted by Gasteiger charge is 2.23. The van der Waals surface area contributed by atoms with E-state index in [1.54, 1.807) is 55.5 Å². The normalized spacial score (nSPS) is 11.4. The monoisotopic (exact) mass is 566 g/mol. The Bertz CT molecular complexity index is 1450. The molecular formula is C22H17BrCl2N4O3S. The van der Waals surface area contributed by atoms with E-state index in [1.165, 1.54) is 6.07 Å². The van der Waals surface area contributed by atoms with Crippen LogP contribution in [0.15, 0.2) is 70.0 Å². The van der Waals surface area contributed by atoms with Crippen LogP contribution < -0.4 is 14.8 Å². The smallest absolute Gasteiger partial charge is 0.266 e. The largest absolute Gasteiger partial charge is 0.492 e. The van der Waals surface area contributed by atoms with Crippen molar-refractivity contribution in [2.75, 3.05) is 16.6 Å². The Morgan fingerprint density at radius 2 is 1.67 bits per heavy atom. The van der Waals surface area contributed by atoms with Crippen LogP contribution in [0, 0.1) is 0 Å². The van der Waals surface area contributed by atoms with Crippen LogP contribution in [0.25, 0.3) is 11.0 Å². The van der Waals surface area contributed by atoms with Crippen molar-refractivity contribution in [1.29, 1.82) is 0 Å². The van der Waals surface area contributed by atoms with E-state index in [-0.39, 0.29) is 22.3 Å². The van der Waals surface area contributed by atoms with Crippen molar-refractivity contribution in [3.63, 3.8) is 0 Å². The maximum Gasteiger partial charge on any atom is 0.266 e. The lowest BCUT2D eigenvalue weighted by atomic mass is 10.3. The van der Waals surface area contributed by atoms with E-state index in [4.69, 9.17) is 27.9 Å². The second-order valence-corrected chi connectivity index (χ2v) is 10.2. The van der Waals surface area contributed by atoms with Gasteiger partial charge < -0.3 is 10.1 Å². The lowest BCUT2D eigenvalue weighted by molar-refractivity contribution is 0.331. The summed E-state index contributed by atoms with van der Waals surface area (Å²) in [6.45, 7) is 2.08. The molecule has 0 saturated heterocycles. The van der Waals surface area contributed by atoms with Gasteiger partial charge in [-0.15, -0.1) is 0 Å². The number of ether oxygens (including phenoxy) is 1. The first-order valence-electron chi connectivity index (χ1n) is 9.71. The molecular weight excluding hydrogens is 551 g/mol. The Morgan fingerprint density at radius 1 is 0.970 bits per heavy atom. The summed E-state index contributed by atoms with van der Waals surface area (Å²) in [6, 6.07) is 16.8. The number of hydrogen-bond acceptors (Lipinski definition) is 6. The van der Waals surface area contributed by atoms with E-state index in [0.29, 0.717) is 37.8 Å². The van der Waals surface area contributed by atoms with E-state index in [1.807, 2.05) is 6.07 Å². The standard InChI is InChI=1S/C22H17BrCl2N4O3S/c1-2-32-19-10-7-13(23)11-20(19)33(30,31)29-22-21(26-16-9-8-14(24)12-15(16)25)27-17-5-3-4-6-18(17)28-22/h3-12H,2H2,1H3,(H,26,27)(H,28,29). The van der Waals surface area contributed by atoms with E-state index in [9.17, 15) is 8.42 Å². The Balaban J connectivity index is 1.81. The van der Waals surface area contributed by atoms with Gasteiger partial charge in [-0.25, -0.2) is 18.4 Å². The molecule has 33 heavy (non-hydrogen) atoms. The first kappa shape index (κ1) is 23.6. The molecule has 3 aromatic carbocycles. The average molecular weight is 568 g/mol. The Labute approximate surface area is 209 Å². The molecule has 0 saturated carbocycles. The van der Waals surface area contributed by atoms with Crippen LogP contribution in [0.3, 0.4) is 0 Å². The third kappa shape index (κ3) is 5.33. The minimum Gasteiger partial charge on any atom is -0.492 e. The zero-order chi connectivity index (χ0) is 23.6. The van der Waals surface area contributed by atoms with Gasteiger partial charge in [-0.3, -0.25) is 4.72 Å². The van der Waals surface area contributed by atoms with E-state index in [0.717, 1.165) is 0 Å². The summed E-state index contributed by atoms with van der Waals surface area (Å²) in [5.74, 6) is 0.397. The second kappa shape index (κ2) is 9.72. The zero-order valence-electron chi connectivity index (χ0n) is 17.1. The molecule has 2 N–H and O–H groups in total. The molecule has 7 nitrogen and oxygen atoms in total. The predicted molar refractivity (Wildman–Crippen MR) is 135 cm³/mol. The SMILES string of the molecule is CCOc1ccc(Br)cc1S(=O)(=O)Nc1nc2ccccc2nc1Nc1ccc(Cl)cc1Cl. The first-order chi connectivity index (χ1) is 15.8. The zero-order valence-corrected chi connectivity index (χ0v) is 21.1. The number of nitrogens with zero attached hydrogens (tertiary/aromatic N) is 2. The Kier molecular flexibility index (Phi) is 6.94. The summed E-state index contributed by atoms with van der Waals surface area (Å²) in [5.41, 5.74) is 1.58. The summed E-state index contributed by atoms with van der Waals surface area (Å²) in [5, 5.41) is 3.86. The molecule has 4 rings (SSSR count). The van der Waals surface area contributed by atoms with Gasteiger partial charge in [0.15, 0.2) is 11.6 Å². The molecule has 0 aliphatic carbocycles. The molecule has 0 radical (unpaired) electrons. The highest BCUT2D eigenvalue weighted by Crippen LogP contribution is 2.34. The number of nitrogens with one attached hydrogen (secondary N) is 2. The Hall–Kier alpha value is -2.59. The fraction of sp³-hybridized carbons (Fsp3) is 0.0909. The highest BCUT2D eigenvalue weighted by atomic mass is 79.9. The second-order valence-electron chi connectivity index (χ2n) is 6.79. The van der Waals surface area contributed by atoms with Crippen LogP contribution in [0.2, 0.25) is 10.0 Å². The van der Waals surface area contributed by atoms with Crippen LogP contribution in [0.1, 0.15) is 6.92 Å². The van der Waals surface area contributed by atoms with Crippen molar-refractivity contribution < 1.29 is 13.2 Å². The number of halogens is 3. The third-order valence-electron chi connectivity index (χ3n) is 4.48. The predicted octanol–water partition coefficient (Wildman–Crippen LogP) is 6.64. The molecule has 11 heteroatoms. The highest BCUT2D eigenvalue weighted by molar-refractivity contribution is 9.10. The van der Waals surface area contributed by atoms with Crippen LogP contribution in [-0.2, 0) is 10.0 Å². The van der Waals surface area contributed by atoms with Crippen LogP contribution >= 0.6 is 39.1 Å². The number of para-hydroxylation sites is 2. The summed E-state index contributed by atoms with van der Waals surface area (Å²) < 4.78 is 35.3. The quantitative estimate of drug-likeness (QED) is 0.260. The summed E-state index contributed by atoms with van der Waals surface area (Å²) in [7, 11) is -4.09. The number of anilines is 3. The molecule has 1 heterocycles. The summed E-state index contributed by atoms with van der Waals surface area (Å²) >= 11 is 15.6. The van der Waals surface area contributed by atoms with Crippen molar-refractivity contribution in [1.82, 2.24) is 9.97 Å². The van der Waals surface area contributed by atoms with Gasteiger partial charge in [0.1, 0.15) is 10.6 Å². The maximum absolute atomic E-state index is 13.4. The number of aromatic nitrogens is 2. The fourth-order valence-electron chi connectivity index (χ4n) is 3.03. The van der Waals surface area contributed by atoms with Gasteiger partial charge in [-0.2, -0.15) is 0 Å². The molecule has 1 aromatic heterocycles. The molecule has 0 aliphatic heterocycles. The lowest BCUT2D eigenvalue weighted by Crippen LogP contribution is -2.17. The van der Waals surface area contributed by atoms with Gasteiger partial charge in [0, 0.05) is 9.50 Å². The van der Waals surface area contributed by atoms with E-state index >= 15 is 0 Å². The number of sulfonamides is 1. The molecule has 0 unspecified atom stereocenters. The molecule has 0 fully saturated rings. The lowest BCUT2D eigenvalue weighted by Gasteiger charge is -2.16. The number of fused-ring (bicyclic) bond motifs is 1. The van der Waals surface area contributed by atoms with Crippen LogP contribution in [-0.4, -0.2) is 25.0 Å². The number of hydrogen-bond donors (Lipinski definition) is 2. The van der Waals surface area contributed by atoms with Gasteiger partial charge in [-0.05, 0) is 55.5 Å². The van der Waals surface area contributed by atoms with Crippen molar-refractivity contribution in [3.05, 3.63) is 75.2 Å². The van der Waals surface area contributed by atoms with Gasteiger partial charge >= 0.3 is 0 Å².